The largest absolute Gasteiger partial charge is 0.480 e. The van der Waals surface area contributed by atoms with E-state index in [2.05, 4.69) is 4.98 Å². The summed E-state index contributed by atoms with van der Waals surface area (Å²) in [4.78, 5) is 28.6. The molecule has 0 aliphatic carbocycles. The van der Waals surface area contributed by atoms with Gasteiger partial charge in [-0.2, -0.15) is 0 Å². The fraction of sp³-hybridized carbons (Fsp3) is 0.0870. The Morgan fingerprint density at radius 1 is 1.03 bits per heavy atom. The van der Waals surface area contributed by atoms with Crippen molar-refractivity contribution < 1.29 is 9.90 Å². The van der Waals surface area contributed by atoms with Gasteiger partial charge in [0, 0.05) is 11.8 Å². The molecule has 0 fully saturated rings. The van der Waals surface area contributed by atoms with Crippen molar-refractivity contribution in [2.24, 2.45) is 0 Å². The molecule has 5 aromatic rings. The third-order valence-corrected chi connectivity index (χ3v) is 5.33. The molecule has 0 bridgehead atoms. The van der Waals surface area contributed by atoms with E-state index in [0.717, 1.165) is 27.7 Å². The van der Waals surface area contributed by atoms with Gasteiger partial charge in [0.1, 0.15) is 6.54 Å². The maximum Gasteiger partial charge on any atom is 0.334 e. The second kappa shape index (κ2) is 6.73. The van der Waals surface area contributed by atoms with Gasteiger partial charge in [-0.25, -0.2) is 9.78 Å². The van der Waals surface area contributed by atoms with E-state index in [1.807, 2.05) is 72.2 Å². The Morgan fingerprint density at radius 2 is 1.83 bits per heavy atom. The molecular weight excluding hydrogens is 380 g/mol. The number of carbonyl (C=O) groups is 1. The topological polar surface area (TPSA) is 81.5 Å². The van der Waals surface area contributed by atoms with E-state index < -0.39 is 5.97 Å². The number of fused-ring (bicyclic) bond motifs is 2. The van der Waals surface area contributed by atoms with Crippen LogP contribution in [0.1, 0.15) is 5.56 Å². The van der Waals surface area contributed by atoms with Gasteiger partial charge in [-0.05, 0) is 42.3 Å². The molecule has 0 atom stereocenters. The van der Waals surface area contributed by atoms with Crippen molar-refractivity contribution in [1.29, 1.82) is 0 Å². The monoisotopic (exact) mass is 398 g/mol. The Kier molecular flexibility index (Phi) is 4.03. The van der Waals surface area contributed by atoms with Gasteiger partial charge in [0.15, 0.2) is 0 Å². The molecule has 0 saturated heterocycles. The van der Waals surface area contributed by atoms with Crippen LogP contribution in [0.3, 0.4) is 0 Å². The van der Waals surface area contributed by atoms with Crippen molar-refractivity contribution in [2.45, 2.75) is 13.5 Å². The number of carboxylic acids is 1. The predicted molar refractivity (Wildman–Crippen MR) is 114 cm³/mol. The number of para-hydroxylation sites is 1. The lowest BCUT2D eigenvalue weighted by molar-refractivity contribution is -0.137. The summed E-state index contributed by atoms with van der Waals surface area (Å²) in [5.41, 5.74) is 5.59. The Balaban J connectivity index is 1.68. The summed E-state index contributed by atoms with van der Waals surface area (Å²) in [6, 6.07) is 17.2. The van der Waals surface area contributed by atoms with Gasteiger partial charge in [-0.15, -0.1) is 0 Å². The zero-order chi connectivity index (χ0) is 20.8. The van der Waals surface area contributed by atoms with Crippen molar-refractivity contribution in [3.63, 3.8) is 0 Å². The lowest BCUT2D eigenvalue weighted by atomic mass is 10.1. The van der Waals surface area contributed by atoms with Crippen LogP contribution in [-0.2, 0) is 11.3 Å². The number of aryl methyl sites for hydroxylation is 1. The molecule has 0 radical (unpaired) electrons. The molecular formula is C23H18N4O3. The van der Waals surface area contributed by atoms with Crippen LogP contribution in [0, 0.1) is 6.92 Å². The van der Waals surface area contributed by atoms with E-state index >= 15 is 0 Å². The van der Waals surface area contributed by atoms with E-state index in [-0.39, 0.29) is 12.2 Å². The summed E-state index contributed by atoms with van der Waals surface area (Å²) >= 11 is 0. The third kappa shape index (κ3) is 2.71. The van der Waals surface area contributed by atoms with Gasteiger partial charge in [0.2, 0.25) is 0 Å². The molecule has 3 heterocycles. The minimum atomic E-state index is -1.05. The van der Waals surface area contributed by atoms with E-state index in [9.17, 15) is 14.7 Å². The highest BCUT2D eigenvalue weighted by Gasteiger charge is 2.18. The second-order valence-electron chi connectivity index (χ2n) is 7.20. The Hall–Kier alpha value is -4.13. The molecule has 148 valence electrons. The minimum Gasteiger partial charge on any atom is -0.480 e. The molecule has 30 heavy (non-hydrogen) atoms. The minimum absolute atomic E-state index is 0.368. The molecule has 0 saturated carbocycles. The summed E-state index contributed by atoms with van der Waals surface area (Å²) in [6.45, 7) is 1.53. The number of hydrogen-bond donors (Lipinski definition) is 1. The molecule has 0 spiro atoms. The van der Waals surface area contributed by atoms with E-state index in [4.69, 9.17) is 0 Å². The lowest BCUT2D eigenvalue weighted by Crippen LogP contribution is -2.26. The van der Waals surface area contributed by atoms with Crippen molar-refractivity contribution in [2.75, 3.05) is 0 Å². The first-order valence-electron chi connectivity index (χ1n) is 9.49. The number of aromatic nitrogens is 4. The highest BCUT2D eigenvalue weighted by Crippen LogP contribution is 2.27. The van der Waals surface area contributed by atoms with Gasteiger partial charge in [0.05, 0.1) is 34.8 Å². The number of imidazole rings is 2. The standard InChI is InChI=1S/C23H18N4O3/c1-15-4-2-6-19-22(15)27(23(30)26(19)13-21(28)29)17-9-7-16(8-10-17)18-5-3-11-25-14-24-12-20(18)25/h2-12,14H,13H2,1H3,(H,28,29). The van der Waals surface area contributed by atoms with Crippen molar-refractivity contribution in [1.82, 2.24) is 18.5 Å². The van der Waals surface area contributed by atoms with Gasteiger partial charge in [-0.1, -0.05) is 30.3 Å². The number of benzene rings is 2. The highest BCUT2D eigenvalue weighted by molar-refractivity contribution is 5.84. The molecule has 0 amide bonds. The zero-order valence-corrected chi connectivity index (χ0v) is 16.2. The molecule has 5 rings (SSSR count). The molecule has 0 aliphatic rings. The summed E-state index contributed by atoms with van der Waals surface area (Å²) in [5, 5.41) is 9.26. The molecule has 3 aromatic heterocycles. The zero-order valence-electron chi connectivity index (χ0n) is 16.2. The van der Waals surface area contributed by atoms with Crippen molar-refractivity contribution in [3.8, 4) is 16.8 Å². The normalized spacial score (nSPS) is 11.4. The van der Waals surface area contributed by atoms with E-state index in [1.54, 1.807) is 17.0 Å². The third-order valence-electron chi connectivity index (χ3n) is 5.33. The summed E-state index contributed by atoms with van der Waals surface area (Å²) < 4.78 is 4.83. The summed E-state index contributed by atoms with van der Waals surface area (Å²) in [6.07, 6.45) is 5.52. The second-order valence-corrected chi connectivity index (χ2v) is 7.20. The van der Waals surface area contributed by atoms with Gasteiger partial charge < -0.3 is 9.51 Å². The highest BCUT2D eigenvalue weighted by atomic mass is 16.4. The Bertz CT molecular complexity index is 1470. The summed E-state index contributed by atoms with van der Waals surface area (Å²) in [5.74, 6) is -1.05. The smallest absolute Gasteiger partial charge is 0.334 e. The van der Waals surface area contributed by atoms with Crippen LogP contribution in [0.5, 0.6) is 0 Å². The molecule has 2 aromatic carbocycles. The maximum atomic E-state index is 13.1. The Morgan fingerprint density at radius 3 is 2.60 bits per heavy atom. The number of aliphatic carboxylic acids is 1. The average molecular weight is 398 g/mol. The molecule has 0 unspecified atom stereocenters. The van der Waals surface area contributed by atoms with E-state index in [0.29, 0.717) is 11.2 Å². The van der Waals surface area contributed by atoms with Crippen LogP contribution < -0.4 is 5.69 Å². The first-order chi connectivity index (χ1) is 14.5. The molecule has 7 nitrogen and oxygen atoms in total. The number of hydrogen-bond acceptors (Lipinski definition) is 3. The molecule has 0 aliphatic heterocycles. The average Bonchev–Trinajstić information content (AvgIpc) is 3.32. The molecule has 1 N–H and O–H groups in total. The lowest BCUT2D eigenvalue weighted by Gasteiger charge is -2.08. The number of carboxylic acid groups (broad SMARTS) is 1. The van der Waals surface area contributed by atoms with Crippen LogP contribution in [0.25, 0.3) is 33.4 Å². The quantitative estimate of drug-likeness (QED) is 0.502. The number of nitrogens with zero attached hydrogens (tertiary/aromatic N) is 4. The van der Waals surface area contributed by atoms with Gasteiger partial charge >= 0.3 is 11.7 Å². The van der Waals surface area contributed by atoms with Crippen molar-refractivity contribution in [3.05, 3.63) is 89.4 Å². The fourth-order valence-corrected chi connectivity index (χ4v) is 3.98. The van der Waals surface area contributed by atoms with Crippen LogP contribution in [0.15, 0.2) is 78.1 Å². The van der Waals surface area contributed by atoms with Gasteiger partial charge in [-0.3, -0.25) is 13.9 Å². The van der Waals surface area contributed by atoms with Crippen LogP contribution in [0.2, 0.25) is 0 Å². The predicted octanol–water partition coefficient (Wildman–Crippen LogP) is 3.50. The first kappa shape index (κ1) is 17.9. The summed E-state index contributed by atoms with van der Waals surface area (Å²) in [7, 11) is 0. The number of rotatable bonds is 4. The van der Waals surface area contributed by atoms with Crippen LogP contribution in [0.4, 0.5) is 0 Å². The Labute approximate surface area is 171 Å². The number of pyridine rings is 1. The van der Waals surface area contributed by atoms with Gasteiger partial charge in [0.25, 0.3) is 0 Å². The van der Waals surface area contributed by atoms with Crippen LogP contribution in [-0.4, -0.2) is 29.6 Å². The van der Waals surface area contributed by atoms with Crippen molar-refractivity contribution >= 4 is 22.5 Å². The SMILES string of the molecule is Cc1cccc2c1n(-c1ccc(-c3cccn4cncc34)cc1)c(=O)n2CC(=O)O. The first-order valence-corrected chi connectivity index (χ1v) is 9.49. The maximum absolute atomic E-state index is 13.1. The van der Waals surface area contributed by atoms with E-state index in [1.165, 1.54) is 4.57 Å². The molecule has 7 heteroatoms. The fourth-order valence-electron chi connectivity index (χ4n) is 3.98. The van der Waals surface area contributed by atoms with Crippen LogP contribution >= 0.6 is 0 Å².